The molecule has 1 N–H and O–H groups in total. The fourth-order valence-electron chi connectivity index (χ4n) is 2.76. The number of amides is 1. The Kier molecular flexibility index (Phi) is 6.48. The zero-order valence-electron chi connectivity index (χ0n) is 15.5. The van der Waals surface area contributed by atoms with Crippen molar-refractivity contribution in [3.63, 3.8) is 0 Å². The summed E-state index contributed by atoms with van der Waals surface area (Å²) >= 11 is 0. The van der Waals surface area contributed by atoms with Crippen molar-refractivity contribution < 1.29 is 18.7 Å². The first kappa shape index (κ1) is 19.2. The summed E-state index contributed by atoms with van der Waals surface area (Å²) in [6.45, 7) is 2.52. The van der Waals surface area contributed by atoms with Crippen molar-refractivity contribution >= 4 is 16.7 Å². The van der Waals surface area contributed by atoms with E-state index in [2.05, 4.69) is 17.2 Å². The molecule has 0 atom stereocenters. The number of benzene rings is 3. The van der Waals surface area contributed by atoms with Gasteiger partial charge in [0.15, 0.2) is 11.6 Å². The zero-order chi connectivity index (χ0) is 19.8. The third kappa shape index (κ3) is 4.60. The number of para-hydroxylation sites is 1. The normalized spacial score (nSPS) is 10.1. The molecule has 0 saturated carbocycles. The molecule has 142 valence electrons. The summed E-state index contributed by atoms with van der Waals surface area (Å²) in [5.74, 6) is 5.56. The first-order valence-corrected chi connectivity index (χ1v) is 8.96. The molecule has 3 aromatic carbocycles. The van der Waals surface area contributed by atoms with Gasteiger partial charge in [-0.25, -0.2) is 4.39 Å². The Hall–Kier alpha value is -3.52. The second-order valence-corrected chi connectivity index (χ2v) is 5.85. The Morgan fingerprint density at radius 2 is 1.75 bits per heavy atom. The van der Waals surface area contributed by atoms with E-state index < -0.39 is 5.82 Å². The van der Waals surface area contributed by atoms with Crippen molar-refractivity contribution in [1.29, 1.82) is 0 Å². The third-order valence-electron chi connectivity index (χ3n) is 4.02. The van der Waals surface area contributed by atoms with Crippen LogP contribution in [0.5, 0.6) is 11.5 Å². The summed E-state index contributed by atoms with van der Waals surface area (Å²) in [5.41, 5.74) is 0.490. The molecular weight excluding hydrogens is 357 g/mol. The quantitative estimate of drug-likeness (QED) is 0.656. The van der Waals surface area contributed by atoms with E-state index in [1.165, 1.54) is 12.1 Å². The van der Waals surface area contributed by atoms with Crippen LogP contribution in [0.25, 0.3) is 10.8 Å². The lowest BCUT2D eigenvalue weighted by Gasteiger charge is -2.12. The number of rotatable bonds is 6. The molecule has 0 unspecified atom stereocenters. The van der Waals surface area contributed by atoms with E-state index in [9.17, 15) is 9.18 Å². The maximum atomic E-state index is 13.4. The monoisotopic (exact) mass is 377 g/mol. The van der Waals surface area contributed by atoms with Gasteiger partial charge in [-0.05, 0) is 35.9 Å². The minimum atomic E-state index is -0.433. The predicted molar refractivity (Wildman–Crippen MR) is 107 cm³/mol. The van der Waals surface area contributed by atoms with Crippen molar-refractivity contribution in [3.05, 3.63) is 72.0 Å². The van der Waals surface area contributed by atoms with Gasteiger partial charge in [0.2, 0.25) is 0 Å². The molecule has 0 bridgehead atoms. The van der Waals surface area contributed by atoms with E-state index in [4.69, 9.17) is 9.47 Å². The molecule has 28 heavy (non-hydrogen) atoms. The van der Waals surface area contributed by atoms with Gasteiger partial charge in [-0.15, -0.1) is 0 Å². The van der Waals surface area contributed by atoms with Crippen LogP contribution in [0.3, 0.4) is 0 Å². The smallest absolute Gasteiger partial charge is 0.256 e. The van der Waals surface area contributed by atoms with E-state index in [0.29, 0.717) is 17.9 Å². The number of carbonyl (C=O) groups is 1. The SMILES string of the molecule is CCOc1ccc2ccccc2c1C(=O)NCC#CCOc1ccccc1F. The van der Waals surface area contributed by atoms with Gasteiger partial charge in [0.05, 0.1) is 18.7 Å². The lowest BCUT2D eigenvalue weighted by molar-refractivity contribution is 0.0956. The van der Waals surface area contributed by atoms with Crippen LogP contribution in [0.2, 0.25) is 0 Å². The van der Waals surface area contributed by atoms with Gasteiger partial charge in [0.1, 0.15) is 12.4 Å². The van der Waals surface area contributed by atoms with Crippen LogP contribution in [-0.2, 0) is 0 Å². The fraction of sp³-hybridized carbons (Fsp3) is 0.174. The molecule has 0 radical (unpaired) electrons. The maximum Gasteiger partial charge on any atom is 0.256 e. The highest BCUT2D eigenvalue weighted by Gasteiger charge is 2.15. The molecular formula is C23H20FNO3. The van der Waals surface area contributed by atoms with Crippen LogP contribution in [0, 0.1) is 17.7 Å². The van der Waals surface area contributed by atoms with E-state index >= 15 is 0 Å². The largest absolute Gasteiger partial charge is 0.493 e. The average molecular weight is 377 g/mol. The van der Waals surface area contributed by atoms with E-state index in [1.807, 2.05) is 37.3 Å². The maximum absolute atomic E-state index is 13.4. The van der Waals surface area contributed by atoms with E-state index in [1.54, 1.807) is 18.2 Å². The summed E-state index contributed by atoms with van der Waals surface area (Å²) in [6, 6.07) is 17.5. The average Bonchev–Trinajstić information content (AvgIpc) is 2.71. The lowest BCUT2D eigenvalue weighted by atomic mass is 10.0. The Labute approximate surface area is 163 Å². The highest BCUT2D eigenvalue weighted by atomic mass is 19.1. The van der Waals surface area contributed by atoms with E-state index in [-0.39, 0.29) is 24.8 Å². The van der Waals surface area contributed by atoms with Crippen molar-refractivity contribution in [2.24, 2.45) is 0 Å². The van der Waals surface area contributed by atoms with Gasteiger partial charge < -0.3 is 14.8 Å². The molecule has 0 spiro atoms. The minimum absolute atomic E-state index is 0.0370. The molecule has 0 heterocycles. The number of halogens is 1. The van der Waals surface area contributed by atoms with Crippen molar-refractivity contribution in [2.45, 2.75) is 6.92 Å². The molecule has 5 heteroatoms. The second kappa shape index (κ2) is 9.43. The molecule has 3 aromatic rings. The molecule has 0 fully saturated rings. The van der Waals surface area contributed by atoms with Crippen molar-refractivity contribution in [3.8, 4) is 23.3 Å². The summed E-state index contributed by atoms with van der Waals surface area (Å²) in [5, 5.41) is 4.56. The molecule has 1 amide bonds. The summed E-state index contributed by atoms with van der Waals surface area (Å²) in [6.07, 6.45) is 0. The molecule has 0 aliphatic rings. The van der Waals surface area contributed by atoms with Gasteiger partial charge in [-0.3, -0.25) is 4.79 Å². The van der Waals surface area contributed by atoms with Crippen LogP contribution < -0.4 is 14.8 Å². The Morgan fingerprint density at radius 3 is 2.57 bits per heavy atom. The molecule has 4 nitrogen and oxygen atoms in total. The first-order chi connectivity index (χ1) is 13.7. The number of fused-ring (bicyclic) bond motifs is 1. The molecule has 0 saturated heterocycles. The Bertz CT molecular complexity index is 1040. The molecule has 0 aliphatic heterocycles. The molecule has 0 aromatic heterocycles. The highest BCUT2D eigenvalue weighted by molar-refractivity contribution is 6.09. The lowest BCUT2D eigenvalue weighted by Crippen LogP contribution is -2.24. The van der Waals surface area contributed by atoms with Gasteiger partial charge in [0.25, 0.3) is 5.91 Å². The minimum Gasteiger partial charge on any atom is -0.493 e. The Morgan fingerprint density at radius 1 is 0.964 bits per heavy atom. The van der Waals surface area contributed by atoms with E-state index in [0.717, 1.165) is 10.8 Å². The third-order valence-corrected chi connectivity index (χ3v) is 4.02. The fourth-order valence-corrected chi connectivity index (χ4v) is 2.76. The number of hydrogen-bond donors (Lipinski definition) is 1. The van der Waals surface area contributed by atoms with Gasteiger partial charge >= 0.3 is 0 Å². The van der Waals surface area contributed by atoms with Crippen LogP contribution in [0.4, 0.5) is 4.39 Å². The summed E-state index contributed by atoms with van der Waals surface area (Å²) < 4.78 is 24.3. The first-order valence-electron chi connectivity index (χ1n) is 8.96. The Balaban J connectivity index is 1.64. The van der Waals surface area contributed by atoms with Crippen molar-refractivity contribution in [2.75, 3.05) is 19.8 Å². The number of nitrogens with one attached hydrogen (secondary N) is 1. The van der Waals surface area contributed by atoms with Crippen LogP contribution in [0.15, 0.2) is 60.7 Å². The van der Waals surface area contributed by atoms with Gasteiger partial charge in [-0.1, -0.05) is 54.3 Å². The standard InChI is InChI=1S/C23H20FNO3/c1-2-27-21-14-13-17-9-3-4-10-18(17)22(21)23(26)25-15-7-8-16-28-20-12-6-5-11-19(20)24/h3-6,9-14H,2,15-16H2,1H3,(H,25,26). The number of ether oxygens (including phenoxy) is 2. The van der Waals surface area contributed by atoms with Crippen LogP contribution in [-0.4, -0.2) is 25.7 Å². The number of hydrogen-bond acceptors (Lipinski definition) is 3. The number of carbonyl (C=O) groups excluding carboxylic acids is 1. The van der Waals surface area contributed by atoms with Crippen molar-refractivity contribution in [1.82, 2.24) is 5.32 Å². The molecule has 0 aliphatic carbocycles. The summed E-state index contributed by atoms with van der Waals surface area (Å²) in [4.78, 5) is 12.7. The predicted octanol–water partition coefficient (Wildman–Crippen LogP) is 4.19. The van der Waals surface area contributed by atoms with Gasteiger partial charge in [0, 0.05) is 0 Å². The topological polar surface area (TPSA) is 47.6 Å². The highest BCUT2D eigenvalue weighted by Crippen LogP contribution is 2.28. The summed E-state index contributed by atoms with van der Waals surface area (Å²) in [7, 11) is 0. The second-order valence-electron chi connectivity index (χ2n) is 5.85. The van der Waals surface area contributed by atoms with Gasteiger partial charge in [-0.2, -0.15) is 0 Å². The molecule has 3 rings (SSSR count). The van der Waals surface area contributed by atoms with Crippen LogP contribution >= 0.6 is 0 Å². The van der Waals surface area contributed by atoms with Crippen LogP contribution in [0.1, 0.15) is 17.3 Å². The zero-order valence-corrected chi connectivity index (χ0v) is 15.5.